The molecule has 1 aromatic heterocycles. The van der Waals surface area contributed by atoms with Gasteiger partial charge in [-0.15, -0.1) is 0 Å². The number of pyridine rings is 1. The smallest absolute Gasteiger partial charge is 0.272 e. The molecular weight excluding hydrogens is 434 g/mol. The maximum absolute atomic E-state index is 13.1. The number of rotatable bonds is 8. The molecule has 3 rings (SSSR count). The number of sulfonamides is 1. The van der Waals surface area contributed by atoms with Gasteiger partial charge in [-0.25, -0.2) is 8.42 Å². The van der Waals surface area contributed by atoms with Crippen molar-refractivity contribution in [3.8, 4) is 11.5 Å². The van der Waals surface area contributed by atoms with Gasteiger partial charge >= 0.3 is 0 Å². The summed E-state index contributed by atoms with van der Waals surface area (Å²) < 4.78 is 32.2. The zero-order valence-corrected chi connectivity index (χ0v) is 17.6. The average Bonchev–Trinajstić information content (AvgIpc) is 2.72. The molecule has 0 unspecified atom stereocenters. The third kappa shape index (κ3) is 3.89. The monoisotopic (exact) mass is 451 g/mol. The second-order valence-corrected chi connectivity index (χ2v) is 8.66. The molecule has 1 heterocycles. The lowest BCUT2D eigenvalue weighted by atomic mass is 10.2. The molecule has 0 bridgehead atoms. The van der Waals surface area contributed by atoms with Crippen molar-refractivity contribution in [2.45, 2.75) is 18.4 Å². The number of hydrogen-bond acceptors (Lipinski definition) is 8. The minimum atomic E-state index is -4.22. The van der Waals surface area contributed by atoms with Gasteiger partial charge in [0.25, 0.3) is 10.9 Å². The molecule has 0 aliphatic rings. The van der Waals surface area contributed by atoms with Gasteiger partial charge in [-0.1, -0.05) is 17.7 Å². The van der Waals surface area contributed by atoms with Crippen LogP contribution in [0.4, 0.5) is 11.4 Å². The summed E-state index contributed by atoms with van der Waals surface area (Å²) in [6.45, 7) is 1.75. The summed E-state index contributed by atoms with van der Waals surface area (Å²) in [5, 5.41) is 13.0. The maximum atomic E-state index is 13.1. The molecule has 0 aliphatic heterocycles. The first-order chi connectivity index (χ1) is 14.2. The molecule has 0 aliphatic carbocycles. The van der Waals surface area contributed by atoms with Crippen LogP contribution in [0.5, 0.6) is 11.5 Å². The molecule has 2 N–H and O–H groups in total. The molecule has 0 radical (unpaired) electrons. The lowest BCUT2D eigenvalue weighted by Crippen LogP contribution is -2.35. The minimum Gasteiger partial charge on any atom is -0.504 e. The molecule has 30 heavy (non-hydrogen) atoms. The minimum absolute atomic E-state index is 0.0524. The Balaban J connectivity index is 1.98. The third-order valence-corrected chi connectivity index (χ3v) is 6.58. The molecule has 0 saturated carbocycles. The van der Waals surface area contributed by atoms with E-state index in [4.69, 9.17) is 16.3 Å². The molecule has 158 valence electrons. The van der Waals surface area contributed by atoms with E-state index in [1.54, 1.807) is 25.1 Å². The van der Waals surface area contributed by atoms with Gasteiger partial charge in [0.05, 0.1) is 29.6 Å². The summed E-state index contributed by atoms with van der Waals surface area (Å²) in [7, 11) is -2.90. The van der Waals surface area contributed by atoms with Crippen molar-refractivity contribution in [1.29, 1.82) is 0 Å². The number of benzene rings is 1. The summed E-state index contributed by atoms with van der Waals surface area (Å²) in [4.78, 5) is 27.0. The largest absolute Gasteiger partial charge is 0.504 e. The highest BCUT2D eigenvalue weighted by molar-refractivity contribution is 7.89. The number of ether oxygens (including phenoxy) is 1. The van der Waals surface area contributed by atoms with Crippen LogP contribution in [-0.2, 0) is 16.6 Å². The summed E-state index contributed by atoms with van der Waals surface area (Å²) in [5.41, 5.74) is -1.40. The number of phenolic OH excluding ortho intramolecular Hbond substituents is 1. The zero-order chi connectivity index (χ0) is 22.1. The van der Waals surface area contributed by atoms with E-state index in [9.17, 15) is 23.1 Å². The number of nitrogens with one attached hydrogen (secondary N) is 1. The Labute approximate surface area is 177 Å². The predicted octanol–water partition coefficient (Wildman–Crippen LogP) is 2.00. The molecule has 0 spiro atoms. The summed E-state index contributed by atoms with van der Waals surface area (Å²) in [6, 6.07) is 7.64. The number of hydrogen-bond donors (Lipinski definition) is 2. The van der Waals surface area contributed by atoms with Crippen molar-refractivity contribution in [3.63, 3.8) is 0 Å². The first-order valence-electron chi connectivity index (χ1n) is 8.79. The first kappa shape index (κ1) is 21.8. The van der Waals surface area contributed by atoms with E-state index in [1.807, 2.05) is 0 Å². The normalized spacial score (nSPS) is 11.7. The van der Waals surface area contributed by atoms with Crippen molar-refractivity contribution in [2.75, 3.05) is 19.0 Å². The predicted molar refractivity (Wildman–Crippen MR) is 112 cm³/mol. The molecule has 3 aromatic rings. The number of anilines is 2. The van der Waals surface area contributed by atoms with Crippen LogP contribution in [0.3, 0.4) is 0 Å². The van der Waals surface area contributed by atoms with Crippen molar-refractivity contribution in [2.24, 2.45) is 0 Å². The maximum Gasteiger partial charge on any atom is 0.272 e. The quantitative estimate of drug-likeness (QED) is 0.393. The van der Waals surface area contributed by atoms with Gasteiger partial charge in [-0.05, 0) is 31.2 Å². The van der Waals surface area contributed by atoms with Crippen LogP contribution >= 0.6 is 11.6 Å². The van der Waals surface area contributed by atoms with Crippen LogP contribution in [-0.4, -0.2) is 36.5 Å². The number of nitrogens with zero attached hydrogens (tertiary/aromatic N) is 2. The van der Waals surface area contributed by atoms with E-state index in [-0.39, 0.29) is 35.3 Å². The van der Waals surface area contributed by atoms with Gasteiger partial charge in [0.15, 0.2) is 11.5 Å². The second-order valence-electron chi connectivity index (χ2n) is 6.28. The Morgan fingerprint density at radius 2 is 1.93 bits per heavy atom. The summed E-state index contributed by atoms with van der Waals surface area (Å²) >= 11 is 6.08. The van der Waals surface area contributed by atoms with Crippen molar-refractivity contribution >= 4 is 33.0 Å². The first-order valence-corrected chi connectivity index (χ1v) is 10.6. The highest BCUT2D eigenvalue weighted by Crippen LogP contribution is 2.40. The molecule has 2 aromatic carbocycles. The fraction of sp³-hybridized carbons (Fsp3) is 0.211. The fourth-order valence-corrected chi connectivity index (χ4v) is 4.48. The van der Waals surface area contributed by atoms with E-state index < -0.39 is 31.5 Å². The number of aromatic hydroxyl groups is 1. The van der Waals surface area contributed by atoms with Crippen molar-refractivity contribution in [1.82, 2.24) is 9.29 Å². The summed E-state index contributed by atoms with van der Waals surface area (Å²) in [5.74, 6) is -0.862. The molecular formula is C19H18ClN3O6S. The van der Waals surface area contributed by atoms with E-state index in [0.717, 1.165) is 4.31 Å². The summed E-state index contributed by atoms with van der Waals surface area (Å²) in [6.07, 6.45) is 1.53. The Bertz CT molecular complexity index is 1250. The molecule has 9 nitrogen and oxygen atoms in total. The van der Waals surface area contributed by atoms with E-state index >= 15 is 0 Å². The van der Waals surface area contributed by atoms with Crippen LogP contribution in [0.15, 0.2) is 51.0 Å². The highest BCUT2D eigenvalue weighted by Gasteiger charge is 2.30. The van der Waals surface area contributed by atoms with Crippen LogP contribution in [0.2, 0.25) is 5.02 Å². The number of halogens is 1. The van der Waals surface area contributed by atoms with E-state index in [2.05, 4.69) is 10.3 Å². The molecule has 11 heteroatoms. The second kappa shape index (κ2) is 8.42. The van der Waals surface area contributed by atoms with Gasteiger partial charge in [0.2, 0.25) is 10.0 Å². The van der Waals surface area contributed by atoms with Crippen molar-refractivity contribution < 1.29 is 18.3 Å². The van der Waals surface area contributed by atoms with Crippen LogP contribution in [0.1, 0.15) is 12.6 Å². The van der Waals surface area contributed by atoms with Gasteiger partial charge in [-0.2, -0.15) is 4.31 Å². The van der Waals surface area contributed by atoms with Crippen molar-refractivity contribution in [3.05, 3.63) is 67.7 Å². The standard InChI is InChI=1S/C19H18ClN3O6S/c1-3-29-18-14(16(25)17(18)26)22-13-8-7-12(20)19(15(13)24)30(27,28)23(2)10-11-6-4-5-9-21-11/h4-9,22,24H,3,10H2,1-2H3. The average molecular weight is 452 g/mol. The number of aromatic nitrogens is 1. The van der Waals surface area contributed by atoms with Crippen LogP contribution in [0.25, 0.3) is 0 Å². The Kier molecular flexibility index (Phi) is 6.11. The van der Waals surface area contributed by atoms with E-state index in [0.29, 0.717) is 5.69 Å². The Morgan fingerprint density at radius 1 is 1.20 bits per heavy atom. The SMILES string of the molecule is CCOc1c(Nc2ccc(Cl)c(S(=O)(=O)N(C)Cc3ccccn3)c2O)c(=O)c1=O. The van der Waals surface area contributed by atoms with Gasteiger partial charge in [-0.3, -0.25) is 14.6 Å². The van der Waals surface area contributed by atoms with Crippen LogP contribution in [0, 0.1) is 0 Å². The molecule has 0 amide bonds. The fourth-order valence-electron chi connectivity index (χ4n) is 2.75. The van der Waals surface area contributed by atoms with Gasteiger partial charge < -0.3 is 15.2 Å². The third-order valence-electron chi connectivity index (χ3n) is 4.28. The topological polar surface area (TPSA) is 126 Å². The Morgan fingerprint density at radius 3 is 2.57 bits per heavy atom. The lowest BCUT2D eigenvalue weighted by molar-refractivity contribution is 0.335. The lowest BCUT2D eigenvalue weighted by Gasteiger charge is -2.20. The van der Waals surface area contributed by atoms with E-state index in [1.165, 1.54) is 25.4 Å². The number of phenols is 1. The zero-order valence-electron chi connectivity index (χ0n) is 16.0. The molecule has 0 fully saturated rings. The highest BCUT2D eigenvalue weighted by atomic mass is 35.5. The van der Waals surface area contributed by atoms with Crippen LogP contribution < -0.4 is 20.9 Å². The molecule has 0 atom stereocenters. The van der Waals surface area contributed by atoms with Gasteiger partial charge in [0, 0.05) is 13.2 Å². The molecule has 0 saturated heterocycles. The Hall–Kier alpha value is -2.95. The van der Waals surface area contributed by atoms with Gasteiger partial charge in [0.1, 0.15) is 10.6 Å².